The van der Waals surface area contributed by atoms with Crippen LogP contribution in [0.4, 0.5) is 34.1 Å². The number of hydrogen-bond acceptors (Lipinski definition) is 4. The number of allylic oxidation sites excluding steroid dienone is 8. The molecule has 4 aliphatic rings. The van der Waals surface area contributed by atoms with Gasteiger partial charge in [0.15, 0.2) is 0 Å². The van der Waals surface area contributed by atoms with E-state index in [-0.39, 0.29) is 0 Å². The normalized spacial score (nSPS) is 15.9. The molecule has 0 fully saturated rings. The van der Waals surface area contributed by atoms with E-state index in [9.17, 15) is 0 Å². The van der Waals surface area contributed by atoms with Gasteiger partial charge in [-0.2, -0.15) is 0 Å². The molecule has 0 N–H and O–H groups in total. The molecular formula is C55H40N2OS. The Hall–Kier alpha value is -6.88. The van der Waals surface area contributed by atoms with Crippen LogP contribution >= 0.6 is 11.3 Å². The number of para-hydroxylation sites is 3. The van der Waals surface area contributed by atoms with Crippen molar-refractivity contribution in [3.05, 3.63) is 228 Å². The Kier molecular flexibility index (Phi) is 7.89. The molecule has 282 valence electrons. The second kappa shape index (κ2) is 13.6. The molecule has 8 aromatic rings. The van der Waals surface area contributed by atoms with Gasteiger partial charge >= 0.3 is 0 Å². The largest absolute Gasteiger partial charge is 0.465 e. The van der Waals surface area contributed by atoms with E-state index in [0.717, 1.165) is 65.6 Å². The fourth-order valence-electron chi connectivity index (χ4n) is 10.2. The summed E-state index contributed by atoms with van der Waals surface area (Å²) in [4.78, 5) is 4.83. The van der Waals surface area contributed by atoms with Gasteiger partial charge in [0.05, 0.1) is 11.1 Å². The van der Waals surface area contributed by atoms with Gasteiger partial charge < -0.3 is 14.5 Å². The molecule has 0 amide bonds. The Balaban J connectivity index is 1.06. The molecule has 0 saturated heterocycles. The summed E-state index contributed by atoms with van der Waals surface area (Å²) in [5.41, 5.74) is 14.2. The molecule has 0 saturated carbocycles. The summed E-state index contributed by atoms with van der Waals surface area (Å²) in [6, 6.07) is 62.3. The van der Waals surface area contributed by atoms with Crippen LogP contribution in [-0.4, -0.2) is 0 Å². The van der Waals surface area contributed by atoms with Crippen LogP contribution in [0.5, 0.6) is 0 Å². The van der Waals surface area contributed by atoms with Gasteiger partial charge in [-0.25, -0.2) is 0 Å². The standard InChI is InChI=1S/C55H40N2OS/c1-4-17-37(18-5-1)56(41-32-34-44-53(36-41)59-52-30-16-27-49(54(44)52)57(38-19-6-2-7-20-38)39-21-8-3-9-22-39)40-31-33-43-42-23-10-11-24-45(42)55(48(43)35-40)46-25-12-14-28-50(46)58-51-29-15-13-26-47(51)55/h1-13,16-27,30-36H,14-15,28-29H2. The van der Waals surface area contributed by atoms with Gasteiger partial charge in [0, 0.05) is 72.6 Å². The number of benzene rings is 7. The highest BCUT2D eigenvalue weighted by molar-refractivity contribution is 7.26. The third-order valence-corrected chi connectivity index (χ3v) is 13.7. The summed E-state index contributed by atoms with van der Waals surface area (Å²) < 4.78 is 9.33. The lowest BCUT2D eigenvalue weighted by molar-refractivity contribution is 0.247. The maximum Gasteiger partial charge on any atom is 0.109 e. The molecule has 12 rings (SSSR count). The fourth-order valence-corrected chi connectivity index (χ4v) is 11.3. The smallest absolute Gasteiger partial charge is 0.109 e. The highest BCUT2D eigenvalue weighted by Crippen LogP contribution is 2.62. The van der Waals surface area contributed by atoms with E-state index in [0.29, 0.717) is 0 Å². The minimum Gasteiger partial charge on any atom is -0.465 e. The van der Waals surface area contributed by atoms with Crippen LogP contribution in [0.15, 0.2) is 217 Å². The zero-order valence-electron chi connectivity index (χ0n) is 32.5. The first kappa shape index (κ1) is 34.2. The maximum atomic E-state index is 6.81. The number of ether oxygens (including phenoxy) is 1. The SMILES string of the molecule is C1=CC2=C(CC1)OC1=C(C=CCC1)C21c2ccccc2-c2ccc(N(c3ccccc3)c3ccc4c(c3)sc3cccc(N(c5ccccc5)c5ccccc5)c34)cc21. The third-order valence-electron chi connectivity index (χ3n) is 12.6. The lowest BCUT2D eigenvalue weighted by atomic mass is 9.63. The molecule has 1 aliphatic heterocycles. The predicted molar refractivity (Wildman–Crippen MR) is 247 cm³/mol. The summed E-state index contributed by atoms with van der Waals surface area (Å²) in [6.45, 7) is 0. The molecule has 4 heteroatoms. The van der Waals surface area contributed by atoms with Crippen molar-refractivity contribution in [2.45, 2.75) is 31.1 Å². The van der Waals surface area contributed by atoms with E-state index >= 15 is 0 Å². The molecule has 1 spiro atoms. The molecule has 59 heavy (non-hydrogen) atoms. The molecule has 0 unspecified atom stereocenters. The zero-order chi connectivity index (χ0) is 38.9. The van der Waals surface area contributed by atoms with Gasteiger partial charge in [-0.3, -0.25) is 0 Å². The van der Waals surface area contributed by atoms with E-state index in [1.165, 1.54) is 59.3 Å². The lowest BCUT2D eigenvalue weighted by Gasteiger charge is -2.43. The van der Waals surface area contributed by atoms with Crippen molar-refractivity contribution < 1.29 is 4.74 Å². The number of fused-ring (bicyclic) bond motifs is 10. The molecule has 0 atom stereocenters. The first-order valence-corrected chi connectivity index (χ1v) is 21.5. The predicted octanol–water partition coefficient (Wildman–Crippen LogP) is 15.5. The monoisotopic (exact) mass is 776 g/mol. The van der Waals surface area contributed by atoms with E-state index in [2.05, 4.69) is 204 Å². The Morgan fingerprint density at radius 3 is 1.71 bits per heavy atom. The first-order chi connectivity index (χ1) is 29.3. The Morgan fingerprint density at radius 2 is 1.03 bits per heavy atom. The van der Waals surface area contributed by atoms with Crippen molar-refractivity contribution in [3.63, 3.8) is 0 Å². The molecule has 3 nitrogen and oxygen atoms in total. The minimum atomic E-state index is -0.448. The van der Waals surface area contributed by atoms with Crippen LogP contribution in [0, 0.1) is 0 Å². The summed E-state index contributed by atoms with van der Waals surface area (Å²) in [5.74, 6) is 2.25. The second-order valence-electron chi connectivity index (χ2n) is 15.8. The average molecular weight is 777 g/mol. The van der Waals surface area contributed by atoms with E-state index in [4.69, 9.17) is 4.74 Å². The van der Waals surface area contributed by atoms with Gasteiger partial charge in [-0.1, -0.05) is 121 Å². The highest BCUT2D eigenvalue weighted by Gasteiger charge is 2.52. The van der Waals surface area contributed by atoms with E-state index in [1.54, 1.807) is 0 Å². The van der Waals surface area contributed by atoms with Gasteiger partial charge in [0.25, 0.3) is 0 Å². The Labute approximate surface area is 348 Å². The van der Waals surface area contributed by atoms with Crippen LogP contribution in [0.2, 0.25) is 0 Å². The Morgan fingerprint density at radius 1 is 0.458 bits per heavy atom. The molecule has 2 heterocycles. The topological polar surface area (TPSA) is 15.7 Å². The highest BCUT2D eigenvalue weighted by atomic mass is 32.1. The molecule has 1 aromatic heterocycles. The lowest BCUT2D eigenvalue weighted by Crippen LogP contribution is -2.36. The van der Waals surface area contributed by atoms with Crippen LogP contribution < -0.4 is 9.80 Å². The quantitative estimate of drug-likeness (QED) is 0.167. The minimum absolute atomic E-state index is 0.448. The van der Waals surface area contributed by atoms with E-state index in [1.807, 2.05) is 11.3 Å². The molecule has 7 aromatic carbocycles. The Bertz CT molecular complexity index is 3000. The zero-order valence-corrected chi connectivity index (χ0v) is 33.3. The molecule has 3 aliphatic carbocycles. The number of thiophene rings is 1. The van der Waals surface area contributed by atoms with Crippen molar-refractivity contribution in [2.24, 2.45) is 0 Å². The van der Waals surface area contributed by atoms with Crippen LogP contribution in [0.1, 0.15) is 36.8 Å². The number of nitrogens with zero attached hydrogens (tertiary/aromatic N) is 2. The van der Waals surface area contributed by atoms with E-state index < -0.39 is 5.41 Å². The third kappa shape index (κ3) is 5.19. The molecular weight excluding hydrogens is 737 g/mol. The van der Waals surface area contributed by atoms with Gasteiger partial charge in [0.2, 0.25) is 0 Å². The maximum absolute atomic E-state index is 6.81. The van der Waals surface area contributed by atoms with Crippen molar-refractivity contribution in [1.29, 1.82) is 0 Å². The van der Waals surface area contributed by atoms with Gasteiger partial charge in [-0.05, 0) is 108 Å². The molecule has 0 radical (unpaired) electrons. The fraction of sp³-hybridized carbons (Fsp3) is 0.0909. The van der Waals surface area contributed by atoms with Crippen molar-refractivity contribution in [2.75, 3.05) is 9.80 Å². The number of hydrogen-bond donors (Lipinski definition) is 0. The van der Waals surface area contributed by atoms with Gasteiger partial charge in [0.1, 0.15) is 11.5 Å². The number of rotatable bonds is 6. The summed E-state index contributed by atoms with van der Waals surface area (Å²) >= 11 is 1.87. The second-order valence-corrected chi connectivity index (χ2v) is 16.9. The summed E-state index contributed by atoms with van der Waals surface area (Å²) in [5, 5.41) is 2.52. The van der Waals surface area contributed by atoms with Gasteiger partial charge in [-0.15, -0.1) is 11.3 Å². The van der Waals surface area contributed by atoms with Crippen molar-refractivity contribution in [3.8, 4) is 11.1 Å². The van der Waals surface area contributed by atoms with Crippen molar-refractivity contribution >= 4 is 65.6 Å². The van der Waals surface area contributed by atoms with Crippen molar-refractivity contribution in [1.82, 2.24) is 0 Å². The first-order valence-electron chi connectivity index (χ1n) is 20.7. The van der Waals surface area contributed by atoms with Crippen LogP contribution in [0.3, 0.4) is 0 Å². The molecule has 0 bridgehead atoms. The van der Waals surface area contributed by atoms with Crippen LogP contribution in [-0.2, 0) is 10.2 Å². The summed E-state index contributed by atoms with van der Waals surface area (Å²) in [6.07, 6.45) is 13.3. The summed E-state index contributed by atoms with van der Waals surface area (Å²) in [7, 11) is 0. The van der Waals surface area contributed by atoms with Crippen LogP contribution in [0.25, 0.3) is 31.3 Å². The number of anilines is 6. The average Bonchev–Trinajstić information content (AvgIpc) is 3.82.